The number of fused-ring (bicyclic) bond motifs is 1. The molecule has 0 bridgehead atoms. The number of aliphatic hydroxyl groups is 1. The largest absolute Gasteiger partial charge is 0.395 e. The number of nitrogens with zero attached hydrogens (tertiary/aromatic N) is 1. The maximum Gasteiger partial charge on any atom is 0.243 e. The van der Waals surface area contributed by atoms with E-state index in [1.807, 2.05) is 26.0 Å². The number of pyridine rings is 1. The number of aryl methyl sites for hydroxylation is 1. The van der Waals surface area contributed by atoms with Gasteiger partial charge in [-0.3, -0.25) is 4.98 Å². The lowest BCUT2D eigenvalue weighted by Crippen LogP contribution is -2.37. The summed E-state index contributed by atoms with van der Waals surface area (Å²) >= 11 is 0. The minimum atomic E-state index is -3.70. The van der Waals surface area contributed by atoms with Crippen molar-refractivity contribution in [2.75, 3.05) is 6.61 Å². The topological polar surface area (TPSA) is 79.3 Å². The van der Waals surface area contributed by atoms with Crippen LogP contribution in [0.3, 0.4) is 0 Å². The molecule has 0 amide bonds. The highest BCUT2D eigenvalue weighted by Crippen LogP contribution is 2.22. The third-order valence-electron chi connectivity index (χ3n) is 3.14. The standard InChI is InChI=1S/C14H18N2O3S/c1-3-12(9-17)16-20(18,19)13-6-4-5-11-7-10(2)8-15-14(11)13/h4-8,12,16-17H,3,9H2,1-2H3. The third kappa shape index (κ3) is 2.98. The molecule has 1 unspecified atom stereocenters. The molecule has 0 aliphatic carbocycles. The van der Waals surface area contributed by atoms with Gasteiger partial charge >= 0.3 is 0 Å². The monoisotopic (exact) mass is 294 g/mol. The molecule has 0 spiro atoms. The first-order chi connectivity index (χ1) is 9.47. The van der Waals surface area contributed by atoms with E-state index < -0.39 is 16.1 Å². The van der Waals surface area contributed by atoms with Crippen LogP contribution in [0.25, 0.3) is 10.9 Å². The Morgan fingerprint density at radius 1 is 1.40 bits per heavy atom. The molecule has 2 aromatic rings. The highest BCUT2D eigenvalue weighted by Gasteiger charge is 2.21. The average molecular weight is 294 g/mol. The number of benzene rings is 1. The fourth-order valence-corrected chi connectivity index (χ4v) is 3.48. The van der Waals surface area contributed by atoms with Crippen LogP contribution in [-0.4, -0.2) is 31.2 Å². The highest BCUT2D eigenvalue weighted by atomic mass is 32.2. The lowest BCUT2D eigenvalue weighted by Gasteiger charge is -2.15. The Hall–Kier alpha value is -1.50. The second kappa shape index (κ2) is 5.87. The molecule has 1 aromatic heterocycles. The molecule has 2 N–H and O–H groups in total. The van der Waals surface area contributed by atoms with Crippen LogP contribution in [0.15, 0.2) is 35.4 Å². The summed E-state index contributed by atoms with van der Waals surface area (Å²) < 4.78 is 27.3. The molecule has 1 heterocycles. The summed E-state index contributed by atoms with van der Waals surface area (Å²) in [6, 6.07) is 6.46. The van der Waals surface area contributed by atoms with Gasteiger partial charge in [0.1, 0.15) is 4.90 Å². The van der Waals surface area contributed by atoms with Crippen LogP contribution >= 0.6 is 0 Å². The van der Waals surface area contributed by atoms with Crippen molar-refractivity contribution in [3.8, 4) is 0 Å². The van der Waals surface area contributed by atoms with Gasteiger partial charge < -0.3 is 5.11 Å². The zero-order valence-corrected chi connectivity index (χ0v) is 12.3. The third-order valence-corrected chi connectivity index (χ3v) is 4.69. The van der Waals surface area contributed by atoms with Crippen LogP contribution < -0.4 is 4.72 Å². The summed E-state index contributed by atoms with van der Waals surface area (Å²) in [5, 5.41) is 9.93. The molecule has 108 valence electrons. The molecule has 0 radical (unpaired) electrons. The van der Waals surface area contributed by atoms with Gasteiger partial charge in [0.05, 0.1) is 12.1 Å². The lowest BCUT2D eigenvalue weighted by atomic mass is 10.2. The van der Waals surface area contributed by atoms with Gasteiger partial charge in [-0.25, -0.2) is 13.1 Å². The van der Waals surface area contributed by atoms with Crippen molar-refractivity contribution in [2.24, 2.45) is 0 Å². The summed E-state index contributed by atoms with van der Waals surface area (Å²) in [6.45, 7) is 3.49. The molecule has 6 heteroatoms. The molecular formula is C14H18N2O3S. The maximum absolute atomic E-state index is 12.4. The SMILES string of the molecule is CCC(CO)NS(=O)(=O)c1cccc2cc(C)cnc12. The van der Waals surface area contributed by atoms with Gasteiger partial charge in [0, 0.05) is 17.6 Å². The van der Waals surface area contributed by atoms with Crippen LogP contribution in [0.2, 0.25) is 0 Å². The van der Waals surface area contributed by atoms with E-state index in [-0.39, 0.29) is 11.5 Å². The Balaban J connectivity index is 2.52. The van der Waals surface area contributed by atoms with Crippen molar-refractivity contribution < 1.29 is 13.5 Å². The van der Waals surface area contributed by atoms with Crippen LogP contribution in [0.5, 0.6) is 0 Å². The normalized spacial score (nSPS) is 13.6. The zero-order valence-electron chi connectivity index (χ0n) is 11.5. The molecule has 0 fully saturated rings. The predicted molar refractivity (Wildman–Crippen MR) is 78.0 cm³/mol. The van der Waals surface area contributed by atoms with E-state index in [1.165, 1.54) is 6.07 Å². The van der Waals surface area contributed by atoms with Gasteiger partial charge in [-0.05, 0) is 31.0 Å². The van der Waals surface area contributed by atoms with Gasteiger partial charge in [0.2, 0.25) is 10.0 Å². The maximum atomic E-state index is 12.4. The van der Waals surface area contributed by atoms with E-state index in [2.05, 4.69) is 9.71 Å². The van der Waals surface area contributed by atoms with Crippen molar-refractivity contribution in [3.63, 3.8) is 0 Å². The first-order valence-corrected chi connectivity index (χ1v) is 7.95. The van der Waals surface area contributed by atoms with E-state index in [0.717, 1.165) is 10.9 Å². The Bertz CT molecular complexity index is 709. The second-order valence-corrected chi connectivity index (χ2v) is 6.43. The lowest BCUT2D eigenvalue weighted by molar-refractivity contribution is 0.254. The smallest absolute Gasteiger partial charge is 0.243 e. The number of hydrogen-bond acceptors (Lipinski definition) is 4. The number of sulfonamides is 1. The molecule has 1 aromatic carbocycles. The summed E-state index contributed by atoms with van der Waals surface area (Å²) in [5.41, 5.74) is 1.42. The molecule has 20 heavy (non-hydrogen) atoms. The van der Waals surface area contributed by atoms with Gasteiger partial charge in [0.25, 0.3) is 0 Å². The average Bonchev–Trinajstić information content (AvgIpc) is 2.43. The highest BCUT2D eigenvalue weighted by molar-refractivity contribution is 7.89. The summed E-state index contributed by atoms with van der Waals surface area (Å²) in [4.78, 5) is 4.36. The van der Waals surface area contributed by atoms with Crippen LogP contribution in [0.1, 0.15) is 18.9 Å². The van der Waals surface area contributed by atoms with E-state index in [0.29, 0.717) is 11.9 Å². The first-order valence-electron chi connectivity index (χ1n) is 6.46. The van der Waals surface area contributed by atoms with Crippen molar-refractivity contribution in [3.05, 3.63) is 36.0 Å². The Labute approximate surface area is 118 Å². The van der Waals surface area contributed by atoms with Crippen LogP contribution in [-0.2, 0) is 10.0 Å². The van der Waals surface area contributed by atoms with Gasteiger partial charge in [-0.1, -0.05) is 19.1 Å². The van der Waals surface area contributed by atoms with Gasteiger partial charge in [-0.2, -0.15) is 0 Å². The van der Waals surface area contributed by atoms with Crippen LogP contribution in [0.4, 0.5) is 0 Å². The number of rotatable bonds is 5. The molecule has 1 atom stereocenters. The zero-order chi connectivity index (χ0) is 14.8. The Morgan fingerprint density at radius 3 is 2.80 bits per heavy atom. The fourth-order valence-electron chi connectivity index (χ4n) is 1.99. The number of hydrogen-bond donors (Lipinski definition) is 2. The fraction of sp³-hybridized carbons (Fsp3) is 0.357. The summed E-state index contributed by atoms with van der Waals surface area (Å²) in [7, 11) is -3.70. The molecule has 5 nitrogen and oxygen atoms in total. The van der Waals surface area contributed by atoms with Crippen LogP contribution in [0, 0.1) is 6.92 Å². The molecular weight excluding hydrogens is 276 g/mol. The number of aliphatic hydroxyl groups excluding tert-OH is 1. The Morgan fingerprint density at radius 2 is 2.15 bits per heavy atom. The number of nitrogens with one attached hydrogen (secondary N) is 1. The van der Waals surface area contributed by atoms with Crippen molar-refractivity contribution in [2.45, 2.75) is 31.2 Å². The van der Waals surface area contributed by atoms with Crippen molar-refractivity contribution in [1.29, 1.82) is 0 Å². The molecule has 0 aliphatic heterocycles. The minimum absolute atomic E-state index is 0.141. The molecule has 0 saturated heterocycles. The van der Waals surface area contributed by atoms with E-state index in [9.17, 15) is 8.42 Å². The van der Waals surface area contributed by atoms with E-state index in [4.69, 9.17) is 5.11 Å². The molecule has 0 aliphatic rings. The van der Waals surface area contributed by atoms with Crippen molar-refractivity contribution in [1.82, 2.24) is 9.71 Å². The van der Waals surface area contributed by atoms with E-state index >= 15 is 0 Å². The quantitative estimate of drug-likeness (QED) is 0.877. The number of aromatic nitrogens is 1. The summed E-state index contributed by atoms with van der Waals surface area (Å²) in [5.74, 6) is 0. The van der Waals surface area contributed by atoms with Gasteiger partial charge in [0.15, 0.2) is 0 Å². The molecule has 2 rings (SSSR count). The van der Waals surface area contributed by atoms with Gasteiger partial charge in [-0.15, -0.1) is 0 Å². The van der Waals surface area contributed by atoms with E-state index in [1.54, 1.807) is 12.3 Å². The second-order valence-electron chi connectivity index (χ2n) is 4.75. The summed E-state index contributed by atoms with van der Waals surface area (Å²) in [6.07, 6.45) is 2.16. The molecule has 0 saturated carbocycles. The predicted octanol–water partition coefficient (Wildman–Crippen LogP) is 1.59. The van der Waals surface area contributed by atoms with Crippen molar-refractivity contribution >= 4 is 20.9 Å². The Kier molecular flexibility index (Phi) is 4.37. The first kappa shape index (κ1) is 14.9. The minimum Gasteiger partial charge on any atom is -0.395 e. The number of para-hydroxylation sites is 1.